The van der Waals surface area contributed by atoms with Crippen molar-refractivity contribution in [1.82, 2.24) is 19.7 Å². The predicted octanol–water partition coefficient (Wildman–Crippen LogP) is 2.98. The van der Waals surface area contributed by atoms with Gasteiger partial charge in [0, 0.05) is 0 Å². The largest absolute Gasteiger partial charge is 0.513 e. The van der Waals surface area contributed by atoms with Crippen molar-refractivity contribution in [2.45, 2.75) is 50.2 Å². The Hall–Kier alpha value is -4.93. The molecule has 4 aromatic rings. The summed E-state index contributed by atoms with van der Waals surface area (Å²) in [6, 6.07) is 20.7. The summed E-state index contributed by atoms with van der Waals surface area (Å²) in [6.07, 6.45) is -2.10. The number of benzene rings is 2. The monoisotopic (exact) mass is 634 g/mol. The first-order valence-electron chi connectivity index (χ1n) is 13.9. The summed E-state index contributed by atoms with van der Waals surface area (Å²) in [5, 5.41) is 38.9. The van der Waals surface area contributed by atoms with Crippen molar-refractivity contribution in [3.8, 4) is 11.8 Å². The molecule has 1 aliphatic heterocycles. The van der Waals surface area contributed by atoms with E-state index in [1.54, 1.807) is 56.3 Å². The van der Waals surface area contributed by atoms with Crippen LogP contribution in [0.25, 0.3) is 5.52 Å². The number of rotatable bonds is 11. The molecule has 2 aromatic heterocycles. The van der Waals surface area contributed by atoms with E-state index in [-0.39, 0.29) is 23.7 Å². The molecule has 45 heavy (non-hydrogen) atoms. The molecule has 0 bridgehead atoms. The molecule has 5 atom stereocenters. The molecule has 3 heterocycles. The molecule has 5 N–H and O–H groups in total. The predicted molar refractivity (Wildman–Crippen MR) is 160 cm³/mol. The van der Waals surface area contributed by atoms with Crippen LogP contribution in [0.4, 0.5) is 5.82 Å². The van der Waals surface area contributed by atoms with Crippen molar-refractivity contribution in [3.05, 3.63) is 102 Å². The Morgan fingerprint density at radius 2 is 1.87 bits per heavy atom. The number of anilines is 1. The summed E-state index contributed by atoms with van der Waals surface area (Å²) >= 11 is 0. The lowest BCUT2D eigenvalue weighted by atomic mass is 9.93. The van der Waals surface area contributed by atoms with Crippen LogP contribution >= 0.6 is 7.75 Å². The van der Waals surface area contributed by atoms with Crippen LogP contribution in [0, 0.1) is 11.3 Å². The van der Waals surface area contributed by atoms with Crippen molar-refractivity contribution in [3.63, 3.8) is 0 Å². The molecule has 0 saturated carbocycles. The van der Waals surface area contributed by atoms with Gasteiger partial charge in [0.25, 0.3) is 5.60 Å². The third-order valence-corrected chi connectivity index (χ3v) is 8.29. The number of nitrogen functional groups attached to an aromatic ring is 1. The van der Waals surface area contributed by atoms with Crippen LogP contribution in [-0.4, -0.2) is 55.1 Å². The normalized spacial score (nSPS) is 22.4. The van der Waals surface area contributed by atoms with Gasteiger partial charge in [0.1, 0.15) is 53.9 Å². The zero-order valence-electron chi connectivity index (χ0n) is 24.3. The zero-order valence-corrected chi connectivity index (χ0v) is 25.2. The van der Waals surface area contributed by atoms with Crippen molar-refractivity contribution < 1.29 is 38.1 Å². The van der Waals surface area contributed by atoms with Gasteiger partial charge < -0.3 is 34.5 Å². The topological polar surface area (TPSA) is 204 Å². The molecule has 15 heteroatoms. The van der Waals surface area contributed by atoms with E-state index in [1.807, 2.05) is 12.1 Å². The SMILES string of the molecule is CC(C)OC(=O)[C@H](Cc1ccccc1)NP(=O)(O/C=C1/O[C@@](C#N)(c2ccc3c(N)ncnn23)[C@H](O)[C@@H]1O)Oc1ccccc1. The fourth-order valence-corrected chi connectivity index (χ4v) is 6.10. The molecule has 1 unspecified atom stereocenters. The Labute approximate surface area is 258 Å². The Bertz CT molecular complexity index is 1780. The number of esters is 1. The molecule has 0 spiro atoms. The number of para-hydroxylation sites is 1. The van der Waals surface area contributed by atoms with Gasteiger partial charge in [0.2, 0.25) is 0 Å². The van der Waals surface area contributed by atoms with Gasteiger partial charge in [-0.3, -0.25) is 4.79 Å². The van der Waals surface area contributed by atoms with E-state index < -0.39 is 49.4 Å². The number of fused-ring (bicyclic) bond motifs is 1. The van der Waals surface area contributed by atoms with Crippen LogP contribution in [-0.2, 0) is 35.4 Å². The highest BCUT2D eigenvalue weighted by Gasteiger charge is 2.57. The van der Waals surface area contributed by atoms with Crippen LogP contribution < -0.4 is 15.3 Å². The molecule has 0 amide bonds. The number of hydrogen-bond acceptors (Lipinski definition) is 12. The first kappa shape index (κ1) is 31.5. The lowest BCUT2D eigenvalue weighted by molar-refractivity contribution is -0.149. The minimum absolute atomic E-state index is 0.0465. The number of nitrogens with two attached hydrogens (primary N) is 1. The second-order valence-corrected chi connectivity index (χ2v) is 12.0. The lowest BCUT2D eigenvalue weighted by Gasteiger charge is -2.25. The lowest BCUT2D eigenvalue weighted by Crippen LogP contribution is -2.40. The number of aliphatic hydroxyl groups is 2. The maximum atomic E-state index is 14.3. The maximum Gasteiger partial charge on any atom is 0.513 e. The van der Waals surface area contributed by atoms with Crippen molar-refractivity contribution in [2.24, 2.45) is 0 Å². The van der Waals surface area contributed by atoms with Crippen LogP contribution in [0.2, 0.25) is 0 Å². The number of carbonyl (C=O) groups excluding carboxylic acids is 1. The highest BCUT2D eigenvalue weighted by Crippen LogP contribution is 2.48. The molecule has 2 aromatic carbocycles. The second kappa shape index (κ2) is 13.0. The second-order valence-electron chi connectivity index (χ2n) is 10.4. The number of nitriles is 1. The number of carbonyl (C=O) groups is 1. The first-order chi connectivity index (χ1) is 21.5. The number of ether oxygens (including phenoxy) is 2. The standard InChI is InChI=1S/C30H31N6O8P/c1-19(2)42-29(39)22(15-20-9-5-3-6-10-20)35-45(40,44-21-11-7-4-8-12-21)41-16-24-26(37)27(38)30(17-31,43-24)25-14-13-23-28(32)33-18-34-36(23)25/h3-14,16,18-19,22,26-27,37-38H,15H2,1-2H3,(H,35,40)(H2,32,33,34)/b24-16+/t22-,26+,27+,30-,45?/m0/s1. The average molecular weight is 635 g/mol. The third-order valence-electron chi connectivity index (χ3n) is 6.82. The fourth-order valence-electron chi connectivity index (χ4n) is 4.72. The van der Waals surface area contributed by atoms with Crippen molar-refractivity contribution >= 4 is 25.1 Å². The third kappa shape index (κ3) is 6.62. The van der Waals surface area contributed by atoms with E-state index in [2.05, 4.69) is 15.2 Å². The number of nitrogens with one attached hydrogen (secondary N) is 1. The zero-order chi connectivity index (χ0) is 32.2. The van der Waals surface area contributed by atoms with Gasteiger partial charge in [0.05, 0.1) is 6.10 Å². The molecular weight excluding hydrogens is 603 g/mol. The summed E-state index contributed by atoms with van der Waals surface area (Å²) in [6.45, 7) is 3.36. The number of aliphatic hydroxyl groups excluding tert-OH is 2. The maximum absolute atomic E-state index is 14.3. The quantitative estimate of drug-likeness (QED) is 0.107. The van der Waals surface area contributed by atoms with E-state index in [0.717, 1.165) is 18.2 Å². The van der Waals surface area contributed by atoms with Gasteiger partial charge in [-0.05, 0) is 50.1 Å². The minimum atomic E-state index is -4.51. The van der Waals surface area contributed by atoms with Gasteiger partial charge >= 0.3 is 13.7 Å². The highest BCUT2D eigenvalue weighted by atomic mass is 31.2. The Kier molecular flexibility index (Phi) is 9.08. The molecular formula is C30H31N6O8P. The molecule has 0 radical (unpaired) electrons. The van der Waals surface area contributed by atoms with Gasteiger partial charge in [-0.1, -0.05) is 48.5 Å². The number of hydrogen-bond donors (Lipinski definition) is 4. The highest BCUT2D eigenvalue weighted by molar-refractivity contribution is 7.52. The van der Waals surface area contributed by atoms with E-state index >= 15 is 0 Å². The molecule has 1 fully saturated rings. The van der Waals surface area contributed by atoms with Gasteiger partial charge in [0.15, 0.2) is 11.6 Å². The van der Waals surface area contributed by atoms with Crippen LogP contribution in [0.3, 0.4) is 0 Å². The van der Waals surface area contributed by atoms with Gasteiger partial charge in [-0.15, -0.1) is 0 Å². The summed E-state index contributed by atoms with van der Waals surface area (Å²) in [7, 11) is -4.51. The first-order valence-corrected chi connectivity index (χ1v) is 15.4. The Morgan fingerprint density at radius 3 is 2.53 bits per heavy atom. The van der Waals surface area contributed by atoms with Crippen LogP contribution in [0.1, 0.15) is 25.1 Å². The van der Waals surface area contributed by atoms with E-state index in [9.17, 15) is 24.8 Å². The molecule has 234 valence electrons. The fraction of sp³-hybridized carbons (Fsp3) is 0.267. The Morgan fingerprint density at radius 1 is 1.18 bits per heavy atom. The molecule has 5 rings (SSSR count). The van der Waals surface area contributed by atoms with Crippen LogP contribution in [0.5, 0.6) is 5.75 Å². The van der Waals surface area contributed by atoms with Gasteiger partial charge in [-0.2, -0.15) is 15.4 Å². The average Bonchev–Trinajstić information content (AvgIpc) is 3.57. The summed E-state index contributed by atoms with van der Waals surface area (Å²) < 4.78 is 38.1. The van der Waals surface area contributed by atoms with E-state index in [0.29, 0.717) is 5.52 Å². The summed E-state index contributed by atoms with van der Waals surface area (Å²) in [4.78, 5) is 17.0. The molecule has 1 saturated heterocycles. The summed E-state index contributed by atoms with van der Waals surface area (Å²) in [5.74, 6) is -0.898. The van der Waals surface area contributed by atoms with Gasteiger partial charge in [-0.25, -0.2) is 14.1 Å². The molecule has 0 aliphatic carbocycles. The van der Waals surface area contributed by atoms with E-state index in [4.69, 9.17) is 24.3 Å². The molecule has 1 aliphatic rings. The smallest absolute Gasteiger partial charge is 0.462 e. The van der Waals surface area contributed by atoms with Crippen molar-refractivity contribution in [2.75, 3.05) is 5.73 Å². The Balaban J connectivity index is 1.48. The minimum Gasteiger partial charge on any atom is -0.462 e. The number of aromatic nitrogens is 3. The number of nitrogens with zero attached hydrogens (tertiary/aromatic N) is 4. The van der Waals surface area contributed by atoms with E-state index in [1.165, 1.54) is 28.8 Å². The summed E-state index contributed by atoms with van der Waals surface area (Å²) in [5.41, 5.74) is 4.86. The molecule has 14 nitrogen and oxygen atoms in total. The van der Waals surface area contributed by atoms with Crippen LogP contribution in [0.15, 0.2) is 91.1 Å². The van der Waals surface area contributed by atoms with Crippen molar-refractivity contribution in [1.29, 1.82) is 5.26 Å².